The summed E-state index contributed by atoms with van der Waals surface area (Å²) in [6.07, 6.45) is 1.52. The minimum Gasteiger partial charge on any atom is -0.457 e. The zero-order valence-corrected chi connectivity index (χ0v) is 19.1. The Balaban J connectivity index is 1.36. The third kappa shape index (κ3) is 5.02. The first kappa shape index (κ1) is 22.6. The third-order valence-electron chi connectivity index (χ3n) is 5.96. The van der Waals surface area contributed by atoms with Crippen molar-refractivity contribution in [2.24, 2.45) is 0 Å². The summed E-state index contributed by atoms with van der Waals surface area (Å²) >= 11 is 0. The molecule has 5 rings (SSSR count). The zero-order chi connectivity index (χ0) is 24.2. The lowest BCUT2D eigenvalue weighted by Gasteiger charge is -2.16. The minimum absolute atomic E-state index is 0.174. The van der Waals surface area contributed by atoms with Crippen molar-refractivity contribution in [1.29, 1.82) is 0 Å². The minimum atomic E-state index is -0.522. The van der Waals surface area contributed by atoms with Gasteiger partial charge < -0.3 is 14.8 Å². The number of carbonyl (C=O) groups is 1. The molecule has 0 aliphatic carbocycles. The van der Waals surface area contributed by atoms with Gasteiger partial charge in [-0.1, -0.05) is 30.3 Å². The highest BCUT2D eigenvalue weighted by Crippen LogP contribution is 2.22. The Morgan fingerprint density at radius 3 is 2.37 bits per heavy atom. The Labute approximate surface area is 201 Å². The molecule has 1 aliphatic heterocycles. The molecule has 0 saturated carbocycles. The van der Waals surface area contributed by atoms with Crippen LogP contribution in [0.4, 0.5) is 5.69 Å². The molecule has 3 aromatic carbocycles. The Hall–Kier alpha value is -4.17. The maximum Gasteiger partial charge on any atom is 0.332 e. The van der Waals surface area contributed by atoms with E-state index in [9.17, 15) is 14.4 Å². The van der Waals surface area contributed by atoms with Gasteiger partial charge in [-0.2, -0.15) is 0 Å². The van der Waals surface area contributed by atoms with Crippen LogP contribution in [-0.4, -0.2) is 27.8 Å². The number of hydrogen-bond acceptors (Lipinski definition) is 5. The summed E-state index contributed by atoms with van der Waals surface area (Å²) in [6.45, 7) is 0.569. The first-order valence-electron chi connectivity index (χ1n) is 11.6. The van der Waals surface area contributed by atoms with E-state index >= 15 is 0 Å². The molecule has 0 bridgehead atoms. The predicted octanol–water partition coefficient (Wildman–Crippen LogP) is 3.77. The van der Waals surface area contributed by atoms with Gasteiger partial charge in [0.1, 0.15) is 18.0 Å². The molecule has 1 atom stereocenters. The van der Waals surface area contributed by atoms with Gasteiger partial charge in [-0.3, -0.25) is 18.7 Å². The molecule has 0 unspecified atom stereocenters. The molecular formula is C27H25N3O5. The number of para-hydroxylation sites is 2. The van der Waals surface area contributed by atoms with Gasteiger partial charge in [0.25, 0.3) is 5.56 Å². The van der Waals surface area contributed by atoms with Crippen LogP contribution in [0.1, 0.15) is 12.8 Å². The fraction of sp³-hybridized carbons (Fsp3) is 0.222. The molecule has 1 saturated heterocycles. The average molecular weight is 472 g/mol. The van der Waals surface area contributed by atoms with Crippen molar-refractivity contribution in [3.05, 3.63) is 99.7 Å². The smallest absolute Gasteiger partial charge is 0.332 e. The number of hydrogen-bond donors (Lipinski definition) is 1. The Kier molecular flexibility index (Phi) is 6.45. The number of rotatable bonds is 7. The number of carbonyl (C=O) groups excluding carboxylic acids is 1. The first-order valence-corrected chi connectivity index (χ1v) is 11.6. The molecule has 4 aromatic rings. The highest BCUT2D eigenvalue weighted by atomic mass is 16.5. The summed E-state index contributed by atoms with van der Waals surface area (Å²) in [6, 6.07) is 23.2. The van der Waals surface area contributed by atoms with Crippen molar-refractivity contribution in [1.82, 2.24) is 9.13 Å². The fourth-order valence-electron chi connectivity index (χ4n) is 4.25. The number of amides is 1. The number of anilines is 1. The summed E-state index contributed by atoms with van der Waals surface area (Å²) < 4.78 is 13.9. The summed E-state index contributed by atoms with van der Waals surface area (Å²) in [5.74, 6) is 0.975. The van der Waals surface area contributed by atoms with E-state index in [2.05, 4.69) is 5.32 Å². The lowest BCUT2D eigenvalue weighted by molar-refractivity contribution is -0.116. The molecular weight excluding hydrogens is 446 g/mol. The van der Waals surface area contributed by atoms with E-state index in [0.717, 1.165) is 12.8 Å². The number of aromatic nitrogens is 2. The van der Waals surface area contributed by atoms with Gasteiger partial charge in [0.2, 0.25) is 5.91 Å². The van der Waals surface area contributed by atoms with E-state index in [1.54, 1.807) is 48.5 Å². The van der Waals surface area contributed by atoms with Crippen molar-refractivity contribution in [3.63, 3.8) is 0 Å². The van der Waals surface area contributed by atoms with Crippen molar-refractivity contribution in [2.45, 2.75) is 32.0 Å². The van der Waals surface area contributed by atoms with Crippen LogP contribution in [-0.2, 0) is 22.6 Å². The van der Waals surface area contributed by atoms with E-state index in [4.69, 9.17) is 9.47 Å². The van der Waals surface area contributed by atoms with E-state index in [-0.39, 0.29) is 30.7 Å². The van der Waals surface area contributed by atoms with Crippen LogP contribution in [0.15, 0.2) is 88.5 Å². The van der Waals surface area contributed by atoms with E-state index in [1.807, 2.05) is 30.3 Å². The van der Waals surface area contributed by atoms with Crippen LogP contribution in [0, 0.1) is 0 Å². The maximum absolute atomic E-state index is 13.3. The van der Waals surface area contributed by atoms with Crippen LogP contribution in [0.5, 0.6) is 11.5 Å². The number of fused-ring (bicyclic) bond motifs is 1. The molecule has 2 heterocycles. The second-order valence-electron chi connectivity index (χ2n) is 8.42. The summed E-state index contributed by atoms with van der Waals surface area (Å²) in [5.41, 5.74) is 0.103. The van der Waals surface area contributed by atoms with Crippen LogP contribution in [0.25, 0.3) is 10.9 Å². The van der Waals surface area contributed by atoms with Gasteiger partial charge >= 0.3 is 5.69 Å². The molecule has 0 radical (unpaired) electrons. The molecule has 1 aliphatic rings. The second-order valence-corrected chi connectivity index (χ2v) is 8.42. The lowest BCUT2D eigenvalue weighted by Crippen LogP contribution is -2.43. The standard InChI is InChI=1S/C27H25N3O5/c31-25(28-19-12-14-21(15-13-19)35-20-7-2-1-3-8-20)18-29-24-11-5-4-10-23(24)26(32)30(27(29)33)17-22-9-6-16-34-22/h1-5,7-8,10-15,22H,6,9,16-18H2,(H,28,31)/t22-/m0/s1. The van der Waals surface area contributed by atoms with Crippen molar-refractivity contribution in [3.8, 4) is 11.5 Å². The SMILES string of the molecule is O=C(Cn1c(=O)n(C[C@@H]2CCCO2)c(=O)c2ccccc21)Nc1ccc(Oc2ccccc2)cc1. The number of nitrogens with one attached hydrogen (secondary N) is 1. The van der Waals surface area contributed by atoms with Crippen LogP contribution < -0.4 is 21.3 Å². The number of nitrogens with zero attached hydrogens (tertiary/aromatic N) is 2. The summed E-state index contributed by atoms with van der Waals surface area (Å²) in [5, 5.41) is 3.20. The van der Waals surface area contributed by atoms with Crippen LogP contribution >= 0.6 is 0 Å². The van der Waals surface area contributed by atoms with Crippen molar-refractivity contribution >= 4 is 22.5 Å². The van der Waals surface area contributed by atoms with Crippen LogP contribution in [0.2, 0.25) is 0 Å². The second kappa shape index (κ2) is 9.99. The predicted molar refractivity (Wildman–Crippen MR) is 133 cm³/mol. The molecule has 178 valence electrons. The largest absolute Gasteiger partial charge is 0.457 e. The first-order chi connectivity index (χ1) is 17.1. The molecule has 8 heteroatoms. The van der Waals surface area contributed by atoms with Gasteiger partial charge in [0.15, 0.2) is 0 Å². The zero-order valence-electron chi connectivity index (χ0n) is 19.1. The Morgan fingerprint density at radius 1 is 0.914 bits per heavy atom. The molecule has 35 heavy (non-hydrogen) atoms. The molecule has 1 fully saturated rings. The highest BCUT2D eigenvalue weighted by Gasteiger charge is 2.21. The lowest BCUT2D eigenvalue weighted by atomic mass is 10.2. The molecule has 1 N–H and O–H groups in total. The van der Waals surface area contributed by atoms with Crippen molar-refractivity contribution in [2.75, 3.05) is 11.9 Å². The Morgan fingerprint density at radius 2 is 1.63 bits per heavy atom. The molecule has 0 spiro atoms. The summed E-state index contributed by atoms with van der Waals surface area (Å²) in [4.78, 5) is 39.2. The maximum atomic E-state index is 13.3. The topological polar surface area (TPSA) is 91.6 Å². The number of ether oxygens (including phenoxy) is 2. The van der Waals surface area contributed by atoms with Gasteiger partial charge in [0, 0.05) is 12.3 Å². The van der Waals surface area contributed by atoms with E-state index in [1.165, 1.54) is 9.13 Å². The molecule has 8 nitrogen and oxygen atoms in total. The highest BCUT2D eigenvalue weighted by molar-refractivity contribution is 5.91. The van der Waals surface area contributed by atoms with E-state index < -0.39 is 5.69 Å². The third-order valence-corrected chi connectivity index (χ3v) is 5.96. The number of benzene rings is 3. The monoisotopic (exact) mass is 471 g/mol. The molecule has 1 amide bonds. The van der Waals surface area contributed by atoms with Gasteiger partial charge in [-0.15, -0.1) is 0 Å². The van der Waals surface area contributed by atoms with Gasteiger partial charge in [-0.25, -0.2) is 4.79 Å². The normalized spacial score (nSPS) is 15.3. The average Bonchev–Trinajstić information content (AvgIpc) is 3.40. The van der Waals surface area contributed by atoms with Gasteiger partial charge in [-0.05, 0) is 61.4 Å². The van der Waals surface area contributed by atoms with E-state index in [0.29, 0.717) is 34.7 Å². The summed E-state index contributed by atoms with van der Waals surface area (Å²) in [7, 11) is 0. The van der Waals surface area contributed by atoms with Crippen molar-refractivity contribution < 1.29 is 14.3 Å². The van der Waals surface area contributed by atoms with Crippen LogP contribution in [0.3, 0.4) is 0 Å². The Bertz CT molecular complexity index is 1450. The van der Waals surface area contributed by atoms with Gasteiger partial charge in [0.05, 0.1) is 23.6 Å². The fourth-order valence-corrected chi connectivity index (χ4v) is 4.25. The quantitative estimate of drug-likeness (QED) is 0.443. The molecule has 1 aromatic heterocycles.